The zero-order valence-electron chi connectivity index (χ0n) is 11.8. The summed E-state index contributed by atoms with van der Waals surface area (Å²) in [5.74, 6) is 1.42. The van der Waals surface area contributed by atoms with Gasteiger partial charge in [0.25, 0.3) is 0 Å². The molecule has 0 aliphatic heterocycles. The van der Waals surface area contributed by atoms with Gasteiger partial charge in [-0.1, -0.05) is 25.4 Å². The number of pyridine rings is 1. The summed E-state index contributed by atoms with van der Waals surface area (Å²) in [5.41, 5.74) is 1.89. The van der Waals surface area contributed by atoms with Crippen molar-refractivity contribution in [1.29, 1.82) is 0 Å². The zero-order chi connectivity index (χ0) is 14.7. The van der Waals surface area contributed by atoms with Crippen molar-refractivity contribution in [2.75, 3.05) is 6.54 Å². The van der Waals surface area contributed by atoms with Gasteiger partial charge in [-0.05, 0) is 41.4 Å². The highest BCUT2D eigenvalue weighted by molar-refractivity contribution is 9.10. The first kappa shape index (κ1) is 15.5. The lowest BCUT2D eigenvalue weighted by Crippen LogP contribution is -2.20. The van der Waals surface area contributed by atoms with E-state index >= 15 is 0 Å². The molecule has 20 heavy (non-hydrogen) atoms. The standard InChI is InChI=1S/C14H18BrClN4/c1-9(2)5-17-6-11-4-12(15)7-18-14(11)20-8-13(16)10(3)19-20/h4,7-9,17H,5-6H2,1-3H3. The molecule has 0 aromatic carbocycles. The van der Waals surface area contributed by atoms with Crippen molar-refractivity contribution in [1.82, 2.24) is 20.1 Å². The summed E-state index contributed by atoms with van der Waals surface area (Å²) < 4.78 is 2.69. The van der Waals surface area contributed by atoms with E-state index < -0.39 is 0 Å². The molecule has 0 saturated carbocycles. The van der Waals surface area contributed by atoms with Gasteiger partial charge in [0.2, 0.25) is 0 Å². The molecule has 1 N–H and O–H groups in total. The molecule has 0 bridgehead atoms. The quantitative estimate of drug-likeness (QED) is 0.886. The number of halogens is 2. The van der Waals surface area contributed by atoms with Crippen LogP contribution in [0.2, 0.25) is 5.02 Å². The maximum absolute atomic E-state index is 6.07. The first-order chi connectivity index (χ1) is 9.47. The smallest absolute Gasteiger partial charge is 0.157 e. The number of hydrogen-bond acceptors (Lipinski definition) is 3. The van der Waals surface area contributed by atoms with Crippen LogP contribution in [0.3, 0.4) is 0 Å². The monoisotopic (exact) mass is 356 g/mol. The van der Waals surface area contributed by atoms with Crippen LogP contribution >= 0.6 is 27.5 Å². The van der Waals surface area contributed by atoms with Crippen molar-refractivity contribution in [3.05, 3.63) is 39.2 Å². The van der Waals surface area contributed by atoms with E-state index in [2.05, 4.69) is 51.2 Å². The van der Waals surface area contributed by atoms with E-state index in [9.17, 15) is 0 Å². The SMILES string of the molecule is Cc1nn(-c2ncc(Br)cc2CNCC(C)C)cc1Cl. The molecule has 0 saturated heterocycles. The van der Waals surface area contributed by atoms with Crippen molar-refractivity contribution in [2.24, 2.45) is 5.92 Å². The number of aryl methyl sites for hydroxylation is 1. The molecule has 0 atom stereocenters. The van der Waals surface area contributed by atoms with E-state index in [1.54, 1.807) is 17.1 Å². The van der Waals surface area contributed by atoms with E-state index in [1.165, 1.54) is 0 Å². The van der Waals surface area contributed by atoms with E-state index in [4.69, 9.17) is 11.6 Å². The van der Waals surface area contributed by atoms with Crippen LogP contribution in [0, 0.1) is 12.8 Å². The van der Waals surface area contributed by atoms with Gasteiger partial charge in [0.05, 0.1) is 16.9 Å². The van der Waals surface area contributed by atoms with Gasteiger partial charge < -0.3 is 5.32 Å². The predicted molar refractivity (Wildman–Crippen MR) is 85.4 cm³/mol. The van der Waals surface area contributed by atoms with Gasteiger partial charge in [0.1, 0.15) is 0 Å². The van der Waals surface area contributed by atoms with Crippen molar-refractivity contribution in [2.45, 2.75) is 27.3 Å². The molecule has 2 heterocycles. The minimum atomic E-state index is 0.611. The second-order valence-electron chi connectivity index (χ2n) is 5.17. The lowest BCUT2D eigenvalue weighted by molar-refractivity contribution is 0.550. The summed E-state index contributed by atoms with van der Waals surface area (Å²) in [6, 6.07) is 2.06. The van der Waals surface area contributed by atoms with Crippen molar-refractivity contribution in [3.8, 4) is 5.82 Å². The molecular formula is C14H18BrClN4. The highest BCUT2D eigenvalue weighted by Crippen LogP contribution is 2.20. The molecule has 2 aromatic rings. The summed E-state index contributed by atoms with van der Waals surface area (Å²) in [6.07, 6.45) is 3.56. The Morgan fingerprint density at radius 3 is 2.80 bits per heavy atom. The number of hydrogen-bond donors (Lipinski definition) is 1. The first-order valence-electron chi connectivity index (χ1n) is 6.54. The third-order valence-corrected chi connectivity index (χ3v) is 3.64. The molecule has 108 valence electrons. The summed E-state index contributed by atoms with van der Waals surface area (Å²) >= 11 is 9.54. The fourth-order valence-corrected chi connectivity index (χ4v) is 2.36. The van der Waals surface area contributed by atoms with Crippen LogP contribution in [0.25, 0.3) is 5.82 Å². The molecule has 0 unspecified atom stereocenters. The average molecular weight is 358 g/mol. The fourth-order valence-electron chi connectivity index (χ4n) is 1.85. The third-order valence-electron chi connectivity index (χ3n) is 2.83. The highest BCUT2D eigenvalue weighted by Gasteiger charge is 2.11. The summed E-state index contributed by atoms with van der Waals surface area (Å²) in [7, 11) is 0. The molecule has 0 aliphatic rings. The molecular weight excluding hydrogens is 340 g/mol. The van der Waals surface area contributed by atoms with E-state index in [0.29, 0.717) is 10.9 Å². The normalized spacial score (nSPS) is 11.3. The van der Waals surface area contributed by atoms with Crippen LogP contribution < -0.4 is 5.32 Å². The Morgan fingerprint density at radius 1 is 1.45 bits per heavy atom. The molecule has 4 nitrogen and oxygen atoms in total. The average Bonchev–Trinajstić information content (AvgIpc) is 2.69. The minimum Gasteiger partial charge on any atom is -0.312 e. The van der Waals surface area contributed by atoms with Gasteiger partial charge in [0.15, 0.2) is 5.82 Å². The Kier molecular flexibility index (Phi) is 5.18. The number of rotatable bonds is 5. The number of nitrogens with zero attached hydrogens (tertiary/aromatic N) is 3. The van der Waals surface area contributed by atoms with Crippen LogP contribution in [0.5, 0.6) is 0 Å². The van der Waals surface area contributed by atoms with Gasteiger partial charge in [-0.15, -0.1) is 0 Å². The maximum Gasteiger partial charge on any atom is 0.157 e. The summed E-state index contributed by atoms with van der Waals surface area (Å²) in [4.78, 5) is 4.46. The fraction of sp³-hybridized carbons (Fsp3) is 0.429. The molecule has 0 amide bonds. The van der Waals surface area contributed by atoms with Crippen molar-refractivity contribution >= 4 is 27.5 Å². The molecule has 2 aromatic heterocycles. The zero-order valence-corrected chi connectivity index (χ0v) is 14.2. The van der Waals surface area contributed by atoms with Crippen LogP contribution in [0.1, 0.15) is 25.1 Å². The maximum atomic E-state index is 6.07. The van der Waals surface area contributed by atoms with Gasteiger partial charge in [-0.25, -0.2) is 9.67 Å². The Bertz CT molecular complexity index is 575. The number of nitrogens with one attached hydrogen (secondary N) is 1. The van der Waals surface area contributed by atoms with Gasteiger partial charge >= 0.3 is 0 Å². The van der Waals surface area contributed by atoms with Gasteiger partial charge in [-0.2, -0.15) is 5.10 Å². The Labute approximate surface area is 132 Å². The van der Waals surface area contributed by atoms with Gasteiger partial charge in [0, 0.05) is 22.8 Å². The van der Waals surface area contributed by atoms with Crippen molar-refractivity contribution < 1.29 is 0 Å². The predicted octanol–water partition coefficient (Wildman–Crippen LogP) is 3.74. The highest BCUT2D eigenvalue weighted by atomic mass is 79.9. The minimum absolute atomic E-state index is 0.611. The molecule has 2 rings (SSSR count). The van der Waals surface area contributed by atoms with Crippen molar-refractivity contribution in [3.63, 3.8) is 0 Å². The Hall–Kier alpha value is -0.910. The van der Waals surface area contributed by atoms with E-state index in [1.807, 2.05) is 6.92 Å². The Balaban J connectivity index is 2.27. The lowest BCUT2D eigenvalue weighted by Gasteiger charge is -2.11. The summed E-state index contributed by atoms with van der Waals surface area (Å²) in [5, 5.41) is 8.47. The molecule has 0 aliphatic carbocycles. The third kappa shape index (κ3) is 3.81. The number of aromatic nitrogens is 3. The Morgan fingerprint density at radius 2 is 2.20 bits per heavy atom. The van der Waals surface area contributed by atoms with E-state index in [-0.39, 0.29) is 0 Å². The lowest BCUT2D eigenvalue weighted by atomic mass is 10.2. The van der Waals surface area contributed by atoms with Crippen LogP contribution in [-0.2, 0) is 6.54 Å². The summed E-state index contributed by atoms with van der Waals surface area (Å²) in [6.45, 7) is 7.96. The topological polar surface area (TPSA) is 42.7 Å². The molecule has 6 heteroatoms. The molecule has 0 spiro atoms. The first-order valence-corrected chi connectivity index (χ1v) is 7.71. The molecule has 0 radical (unpaired) electrons. The largest absolute Gasteiger partial charge is 0.312 e. The van der Waals surface area contributed by atoms with Crippen LogP contribution in [0.15, 0.2) is 22.9 Å². The second kappa shape index (κ2) is 6.70. The molecule has 0 fully saturated rings. The van der Waals surface area contributed by atoms with Crippen LogP contribution in [0.4, 0.5) is 0 Å². The van der Waals surface area contributed by atoms with Crippen LogP contribution in [-0.4, -0.2) is 21.3 Å². The second-order valence-corrected chi connectivity index (χ2v) is 6.49. The van der Waals surface area contributed by atoms with Gasteiger partial charge in [-0.3, -0.25) is 0 Å². The van der Waals surface area contributed by atoms with E-state index in [0.717, 1.165) is 34.6 Å².